The van der Waals surface area contributed by atoms with Crippen LogP contribution in [0.2, 0.25) is 0 Å². The summed E-state index contributed by atoms with van der Waals surface area (Å²) >= 11 is 0. The van der Waals surface area contributed by atoms with E-state index in [4.69, 9.17) is 4.74 Å². The molecule has 2 aliphatic rings. The van der Waals surface area contributed by atoms with E-state index in [2.05, 4.69) is 27.1 Å². The van der Waals surface area contributed by atoms with Crippen LogP contribution in [-0.4, -0.2) is 102 Å². The van der Waals surface area contributed by atoms with Crippen molar-refractivity contribution in [1.29, 1.82) is 0 Å². The van der Waals surface area contributed by atoms with Crippen LogP contribution in [0, 0.1) is 0 Å². The van der Waals surface area contributed by atoms with Crippen molar-refractivity contribution in [3.8, 4) is 0 Å². The molecule has 7 nitrogen and oxygen atoms in total. The molecule has 0 radical (unpaired) electrons. The molecule has 2 aliphatic heterocycles. The van der Waals surface area contributed by atoms with E-state index in [9.17, 15) is 10.2 Å². The maximum atomic E-state index is 10.7. The second kappa shape index (κ2) is 9.91. The van der Waals surface area contributed by atoms with E-state index in [1.807, 2.05) is 25.2 Å². The molecule has 3 rings (SSSR count). The third-order valence-corrected chi connectivity index (χ3v) is 5.92. The van der Waals surface area contributed by atoms with Gasteiger partial charge in [0.25, 0.3) is 0 Å². The van der Waals surface area contributed by atoms with Crippen molar-refractivity contribution in [1.82, 2.24) is 20.1 Å². The van der Waals surface area contributed by atoms with Crippen molar-refractivity contribution in [3.05, 3.63) is 30.1 Å². The molecule has 27 heavy (non-hydrogen) atoms. The van der Waals surface area contributed by atoms with Crippen LogP contribution in [0.4, 0.5) is 0 Å². The van der Waals surface area contributed by atoms with Crippen molar-refractivity contribution in [3.63, 3.8) is 0 Å². The minimum atomic E-state index is -0.687. The Balaban J connectivity index is 1.55. The molecule has 4 atom stereocenters. The first-order valence-corrected chi connectivity index (χ1v) is 10.0. The number of aromatic nitrogens is 1. The largest absolute Gasteiger partial charge is 0.394 e. The first kappa shape index (κ1) is 20.6. The Morgan fingerprint density at radius 3 is 2.74 bits per heavy atom. The van der Waals surface area contributed by atoms with E-state index in [0.29, 0.717) is 12.6 Å². The molecule has 0 unspecified atom stereocenters. The SMILES string of the molecule is CN1CCC(NC[C@H]2O[C@@H](CO)[C@@H](O)[C@H]2N(C)CCc2ccccn2)CC1. The van der Waals surface area contributed by atoms with Crippen LogP contribution >= 0.6 is 0 Å². The van der Waals surface area contributed by atoms with Crippen molar-refractivity contribution < 1.29 is 14.9 Å². The predicted octanol–water partition coefficient (Wildman–Crippen LogP) is -0.271. The summed E-state index contributed by atoms with van der Waals surface area (Å²) in [4.78, 5) is 8.87. The second-order valence-corrected chi connectivity index (χ2v) is 7.91. The highest BCUT2D eigenvalue weighted by Gasteiger charge is 2.45. The zero-order valence-corrected chi connectivity index (χ0v) is 16.5. The Hall–Kier alpha value is -1.09. The fourth-order valence-corrected chi connectivity index (χ4v) is 4.17. The van der Waals surface area contributed by atoms with Crippen LogP contribution in [0.5, 0.6) is 0 Å². The summed E-state index contributed by atoms with van der Waals surface area (Å²) in [6.45, 7) is 3.54. The number of rotatable bonds is 8. The van der Waals surface area contributed by atoms with Gasteiger partial charge in [-0.25, -0.2) is 0 Å². The number of aliphatic hydroxyl groups excluding tert-OH is 2. The van der Waals surface area contributed by atoms with Crippen LogP contribution in [0.15, 0.2) is 24.4 Å². The zero-order chi connectivity index (χ0) is 19.2. The van der Waals surface area contributed by atoms with Gasteiger partial charge in [0.2, 0.25) is 0 Å². The molecule has 0 amide bonds. The zero-order valence-electron chi connectivity index (χ0n) is 16.5. The van der Waals surface area contributed by atoms with Crippen LogP contribution < -0.4 is 5.32 Å². The molecule has 0 bridgehead atoms. The van der Waals surface area contributed by atoms with E-state index in [1.54, 1.807) is 6.20 Å². The molecule has 7 heteroatoms. The Bertz CT molecular complexity index is 553. The van der Waals surface area contributed by atoms with Crippen molar-refractivity contribution >= 4 is 0 Å². The molecular weight excluding hydrogens is 344 g/mol. The van der Waals surface area contributed by atoms with Gasteiger partial charge in [0.15, 0.2) is 0 Å². The summed E-state index contributed by atoms with van der Waals surface area (Å²) in [7, 11) is 4.17. The molecule has 3 N–H and O–H groups in total. The normalized spacial score (nSPS) is 30.3. The number of nitrogens with zero attached hydrogens (tertiary/aromatic N) is 3. The van der Waals surface area contributed by atoms with Crippen LogP contribution in [0.1, 0.15) is 18.5 Å². The highest BCUT2D eigenvalue weighted by atomic mass is 16.5. The monoisotopic (exact) mass is 378 g/mol. The van der Waals surface area contributed by atoms with Gasteiger partial charge in [-0.2, -0.15) is 0 Å². The predicted molar refractivity (Wildman–Crippen MR) is 105 cm³/mol. The summed E-state index contributed by atoms with van der Waals surface area (Å²) < 4.78 is 5.99. The fraction of sp³-hybridized carbons (Fsp3) is 0.750. The lowest BCUT2D eigenvalue weighted by Gasteiger charge is -2.33. The van der Waals surface area contributed by atoms with Gasteiger partial charge in [-0.15, -0.1) is 0 Å². The van der Waals surface area contributed by atoms with Crippen molar-refractivity contribution in [2.45, 2.75) is 49.7 Å². The van der Waals surface area contributed by atoms with Crippen LogP contribution in [0.25, 0.3) is 0 Å². The molecular formula is C20H34N4O3. The summed E-state index contributed by atoms with van der Waals surface area (Å²) in [5, 5.41) is 23.9. The molecule has 1 aromatic rings. The van der Waals surface area contributed by atoms with Gasteiger partial charge in [0.05, 0.1) is 18.8 Å². The van der Waals surface area contributed by atoms with E-state index < -0.39 is 12.2 Å². The average molecular weight is 379 g/mol. The van der Waals surface area contributed by atoms with Gasteiger partial charge in [-0.3, -0.25) is 9.88 Å². The first-order chi connectivity index (χ1) is 13.1. The van der Waals surface area contributed by atoms with E-state index >= 15 is 0 Å². The lowest BCUT2D eigenvalue weighted by molar-refractivity contribution is -0.0221. The summed E-state index contributed by atoms with van der Waals surface area (Å²) in [5.41, 5.74) is 1.04. The number of ether oxygens (including phenoxy) is 1. The molecule has 152 valence electrons. The molecule has 0 aliphatic carbocycles. The summed E-state index contributed by atoms with van der Waals surface area (Å²) in [5.74, 6) is 0. The number of hydrogen-bond acceptors (Lipinski definition) is 7. The number of likely N-dealkylation sites (N-methyl/N-ethyl adjacent to an activating group) is 1. The maximum absolute atomic E-state index is 10.7. The number of piperidine rings is 1. The van der Waals surface area contributed by atoms with Crippen LogP contribution in [-0.2, 0) is 11.2 Å². The van der Waals surface area contributed by atoms with Gasteiger partial charge < -0.3 is 25.2 Å². The average Bonchev–Trinajstić information content (AvgIpc) is 3.02. The molecule has 2 saturated heterocycles. The number of pyridine rings is 1. The summed E-state index contributed by atoms with van der Waals surface area (Å²) in [6.07, 6.45) is 3.55. The minimum Gasteiger partial charge on any atom is -0.394 e. The number of hydrogen-bond donors (Lipinski definition) is 3. The Labute approximate surface area is 162 Å². The molecule has 0 spiro atoms. The molecule has 0 aromatic carbocycles. The smallest absolute Gasteiger partial charge is 0.109 e. The Kier molecular flexibility index (Phi) is 7.57. The fourth-order valence-electron chi connectivity index (χ4n) is 4.17. The molecule has 2 fully saturated rings. The van der Waals surface area contributed by atoms with E-state index in [0.717, 1.165) is 44.6 Å². The van der Waals surface area contributed by atoms with Crippen molar-refractivity contribution in [2.75, 3.05) is 46.9 Å². The number of likely N-dealkylation sites (tertiary alicyclic amines) is 1. The van der Waals surface area contributed by atoms with Gasteiger partial charge in [0.1, 0.15) is 12.2 Å². The number of nitrogens with one attached hydrogen (secondary N) is 1. The van der Waals surface area contributed by atoms with Gasteiger partial charge in [-0.05, 0) is 52.2 Å². The third-order valence-electron chi connectivity index (χ3n) is 5.92. The first-order valence-electron chi connectivity index (χ1n) is 10.0. The van der Waals surface area contributed by atoms with Crippen molar-refractivity contribution in [2.24, 2.45) is 0 Å². The molecule has 3 heterocycles. The minimum absolute atomic E-state index is 0.134. The lowest BCUT2D eigenvalue weighted by atomic mass is 10.0. The topological polar surface area (TPSA) is 81.1 Å². The van der Waals surface area contributed by atoms with E-state index in [1.165, 1.54) is 0 Å². The Morgan fingerprint density at radius 2 is 2.07 bits per heavy atom. The maximum Gasteiger partial charge on any atom is 0.109 e. The van der Waals surface area contributed by atoms with Gasteiger partial charge >= 0.3 is 0 Å². The van der Waals surface area contributed by atoms with Gasteiger partial charge in [0, 0.05) is 37.4 Å². The molecule has 1 aromatic heterocycles. The number of aliphatic hydroxyl groups is 2. The highest BCUT2D eigenvalue weighted by Crippen LogP contribution is 2.25. The van der Waals surface area contributed by atoms with Crippen LogP contribution in [0.3, 0.4) is 0 Å². The lowest BCUT2D eigenvalue weighted by Crippen LogP contribution is -2.51. The Morgan fingerprint density at radius 1 is 1.30 bits per heavy atom. The second-order valence-electron chi connectivity index (χ2n) is 7.91. The quantitative estimate of drug-likeness (QED) is 0.574. The summed E-state index contributed by atoms with van der Waals surface area (Å²) in [6, 6.07) is 6.29. The standard InChI is InChI=1S/C20H34N4O3/c1-23-10-6-16(7-11-23)22-13-17-19(20(26)18(14-25)27-17)24(2)12-8-15-5-3-4-9-21-15/h3-5,9,16-20,22,25-26H,6-8,10-14H2,1-2H3/t17-,18+,19+,20-/m1/s1. The van der Waals surface area contributed by atoms with Gasteiger partial charge in [-0.1, -0.05) is 6.07 Å². The highest BCUT2D eigenvalue weighted by molar-refractivity contribution is 5.04. The molecule has 0 saturated carbocycles. The third kappa shape index (κ3) is 5.47. The van der Waals surface area contributed by atoms with E-state index in [-0.39, 0.29) is 18.8 Å².